The second-order valence-electron chi connectivity index (χ2n) is 19.2. The minimum atomic E-state index is -4.52. The summed E-state index contributed by atoms with van der Waals surface area (Å²) in [6.45, 7) is 6.28. The standard InChI is InChI=1S/C50H56F4N12O4.CH2O2/c1-3-49(48(70)59-31(2)50(52,53)54)14-20-63(21-15-49)43-8-4-33(25-56-43)40-22-34(28-66-46(40)35(24-55)26-58-66)36-27-57-65(29-36)38-12-18-64(19-13-38)45(68)30-62-16-10-32(11-17-62)39-6-5-37(23-41(39)51)60-42-7-9-44(67)61-47(42)69;2-1-3/h4-6,8,22-23,25-29,31-32,38,42,60H,3,7,9-21,30H2,1-2H3,(H,59,70)(H,61,67,69);1H,(H,2,3). The van der Waals surface area contributed by atoms with Crippen molar-refractivity contribution >= 4 is 47.1 Å². The molecule has 18 nitrogen and oxygen atoms in total. The van der Waals surface area contributed by atoms with E-state index in [4.69, 9.17) is 20.0 Å². The molecule has 4 saturated heterocycles. The molecule has 1 aromatic carbocycles. The largest absolute Gasteiger partial charge is 0.483 e. The van der Waals surface area contributed by atoms with Crippen molar-refractivity contribution in [3.05, 3.63) is 84.3 Å². The molecule has 4 aliphatic heterocycles. The Morgan fingerprint density at radius 1 is 0.945 bits per heavy atom. The summed E-state index contributed by atoms with van der Waals surface area (Å²) in [6.07, 6.45) is 9.09. The molecule has 0 bridgehead atoms. The van der Waals surface area contributed by atoms with E-state index in [2.05, 4.69) is 32.0 Å². The molecule has 386 valence electrons. The molecule has 0 spiro atoms. The van der Waals surface area contributed by atoms with Gasteiger partial charge in [0.25, 0.3) is 6.47 Å². The van der Waals surface area contributed by atoms with Gasteiger partial charge >= 0.3 is 6.18 Å². The number of pyridine rings is 2. The van der Waals surface area contributed by atoms with Crippen LogP contribution < -0.4 is 20.9 Å². The number of rotatable bonds is 12. The van der Waals surface area contributed by atoms with E-state index in [-0.39, 0.29) is 42.5 Å². The number of benzene rings is 1. The fourth-order valence-corrected chi connectivity index (χ4v) is 10.4. The summed E-state index contributed by atoms with van der Waals surface area (Å²) in [7, 11) is 0. The van der Waals surface area contributed by atoms with Gasteiger partial charge in [-0.1, -0.05) is 13.0 Å². The highest BCUT2D eigenvalue weighted by Crippen LogP contribution is 2.39. The average Bonchev–Trinajstić information content (AvgIpc) is 4.06. The molecular formula is C51H58F4N12O6. The second-order valence-corrected chi connectivity index (χ2v) is 19.2. The highest BCUT2D eigenvalue weighted by molar-refractivity contribution is 6.01. The van der Waals surface area contributed by atoms with Crippen molar-refractivity contribution in [2.75, 3.05) is 56.0 Å². The quantitative estimate of drug-likeness (QED) is 0.0613. The Labute approximate surface area is 418 Å². The molecule has 4 fully saturated rings. The molecule has 5 aromatic rings. The first-order valence-corrected chi connectivity index (χ1v) is 24.6. The van der Waals surface area contributed by atoms with Crippen LogP contribution in [0.1, 0.15) is 94.7 Å². The van der Waals surface area contributed by atoms with Gasteiger partial charge in [0.05, 0.1) is 41.5 Å². The monoisotopic (exact) mass is 1010 g/mol. The number of hydrogen-bond donors (Lipinski definition) is 4. The zero-order chi connectivity index (χ0) is 52.0. The second kappa shape index (κ2) is 22.1. The van der Waals surface area contributed by atoms with E-state index >= 15 is 4.39 Å². The molecule has 73 heavy (non-hydrogen) atoms. The summed E-state index contributed by atoms with van der Waals surface area (Å²) in [5.41, 5.74) is 4.42. The van der Waals surface area contributed by atoms with Crippen LogP contribution in [0.5, 0.6) is 0 Å². The maximum absolute atomic E-state index is 15.3. The number of fused-ring (bicyclic) bond motifs is 1. The number of alkyl halides is 3. The third kappa shape index (κ3) is 11.6. The van der Waals surface area contributed by atoms with Gasteiger partial charge in [0, 0.05) is 79.1 Å². The smallest absolute Gasteiger partial charge is 0.408 e. The Morgan fingerprint density at radius 3 is 2.30 bits per heavy atom. The number of nitrogens with one attached hydrogen (secondary N) is 3. The van der Waals surface area contributed by atoms with E-state index in [0.717, 1.165) is 54.9 Å². The molecule has 2 atom stereocenters. The van der Waals surface area contributed by atoms with E-state index < -0.39 is 35.5 Å². The van der Waals surface area contributed by atoms with Crippen molar-refractivity contribution in [1.82, 2.24) is 44.8 Å². The predicted octanol–water partition coefficient (Wildman–Crippen LogP) is 6.30. The fourth-order valence-electron chi connectivity index (χ4n) is 10.4. The number of carbonyl (C=O) groups excluding carboxylic acids is 4. The maximum Gasteiger partial charge on any atom is 0.408 e. The van der Waals surface area contributed by atoms with Crippen LogP contribution in [0.2, 0.25) is 0 Å². The number of halogens is 4. The van der Waals surface area contributed by atoms with E-state index in [1.54, 1.807) is 29.0 Å². The van der Waals surface area contributed by atoms with Crippen LogP contribution >= 0.6 is 0 Å². The van der Waals surface area contributed by atoms with Gasteiger partial charge in [-0.2, -0.15) is 28.6 Å². The van der Waals surface area contributed by atoms with Gasteiger partial charge in [-0.25, -0.2) is 13.9 Å². The molecule has 4 aromatic heterocycles. The van der Waals surface area contributed by atoms with Crippen LogP contribution in [0.4, 0.5) is 29.1 Å². The summed E-state index contributed by atoms with van der Waals surface area (Å²) in [6, 6.07) is 10.5. The van der Waals surface area contributed by atoms with E-state index in [9.17, 15) is 37.6 Å². The first-order valence-electron chi connectivity index (χ1n) is 24.6. The number of amides is 4. The Bertz CT molecular complexity index is 2860. The van der Waals surface area contributed by atoms with Gasteiger partial charge in [-0.3, -0.25) is 38.9 Å². The summed E-state index contributed by atoms with van der Waals surface area (Å²) in [4.78, 5) is 69.4. The Morgan fingerprint density at radius 2 is 1.67 bits per heavy atom. The SMILES string of the molecule is CCC1(C(=O)NC(C)C(F)(F)F)CCN(c2ccc(-c3cc(-c4cnn(C5CCN(C(=O)CN6CCC(c7ccc(NC8CCC(=O)NC8=O)cc7F)CC6)CC5)c4)cn4ncc(C#N)c34)cn2)CC1.O=CO. The van der Waals surface area contributed by atoms with Gasteiger partial charge in [-0.05, 0) is 113 Å². The van der Waals surface area contributed by atoms with Crippen LogP contribution in [0, 0.1) is 22.6 Å². The minimum absolute atomic E-state index is 0.0165. The van der Waals surface area contributed by atoms with Crippen LogP contribution in [0.3, 0.4) is 0 Å². The van der Waals surface area contributed by atoms with Gasteiger partial charge in [0.2, 0.25) is 23.6 Å². The lowest BCUT2D eigenvalue weighted by Gasteiger charge is -2.41. The Balaban J connectivity index is 0.00000231. The van der Waals surface area contributed by atoms with E-state index in [1.165, 1.54) is 12.3 Å². The number of hydrogen-bond acceptors (Lipinski definition) is 12. The third-order valence-corrected chi connectivity index (χ3v) is 14.9. The van der Waals surface area contributed by atoms with Crippen molar-refractivity contribution in [2.24, 2.45) is 5.41 Å². The molecule has 4 aliphatic rings. The van der Waals surface area contributed by atoms with Gasteiger partial charge in [0.1, 0.15) is 29.8 Å². The zero-order valence-corrected chi connectivity index (χ0v) is 40.6. The molecule has 4 N–H and O–H groups in total. The van der Waals surface area contributed by atoms with Crippen molar-refractivity contribution in [3.63, 3.8) is 0 Å². The van der Waals surface area contributed by atoms with Crippen LogP contribution in [-0.2, 0) is 24.0 Å². The molecule has 9 rings (SSSR count). The highest BCUT2D eigenvalue weighted by Gasteiger charge is 2.44. The number of imide groups is 1. The molecule has 0 aliphatic carbocycles. The van der Waals surface area contributed by atoms with Gasteiger partial charge < -0.3 is 25.5 Å². The molecule has 4 amide bonds. The minimum Gasteiger partial charge on any atom is -0.483 e. The number of carboxylic acid groups (broad SMARTS) is 1. The summed E-state index contributed by atoms with van der Waals surface area (Å²) in [5, 5.41) is 33.7. The number of likely N-dealkylation sites (tertiary alicyclic amines) is 2. The molecule has 8 heterocycles. The molecule has 0 saturated carbocycles. The summed E-state index contributed by atoms with van der Waals surface area (Å²) < 4.78 is 58.6. The maximum atomic E-state index is 15.3. The Kier molecular flexibility index (Phi) is 15.8. The normalized spacial score (nSPS) is 19.3. The van der Waals surface area contributed by atoms with Crippen molar-refractivity contribution < 1.29 is 46.6 Å². The Hall–Kier alpha value is -7.41. The number of anilines is 2. The molecule has 22 heteroatoms. The molecular weight excluding hydrogens is 953 g/mol. The predicted molar refractivity (Wildman–Crippen MR) is 260 cm³/mol. The zero-order valence-electron chi connectivity index (χ0n) is 40.6. The van der Waals surface area contributed by atoms with E-state index in [1.807, 2.05) is 52.0 Å². The average molecular weight is 1010 g/mol. The highest BCUT2D eigenvalue weighted by atomic mass is 19.4. The van der Waals surface area contributed by atoms with Crippen molar-refractivity contribution in [3.8, 4) is 28.3 Å². The molecule has 2 unspecified atom stereocenters. The number of nitrogens with zero attached hydrogens (tertiary/aromatic N) is 9. The third-order valence-electron chi connectivity index (χ3n) is 14.9. The first-order chi connectivity index (χ1) is 35.0. The van der Waals surface area contributed by atoms with Crippen molar-refractivity contribution in [2.45, 2.75) is 102 Å². The van der Waals surface area contributed by atoms with Crippen LogP contribution in [-0.4, -0.2) is 133 Å². The topological polar surface area (TPSA) is 223 Å². The number of nitriles is 1. The van der Waals surface area contributed by atoms with Crippen molar-refractivity contribution in [1.29, 1.82) is 5.26 Å². The van der Waals surface area contributed by atoms with Crippen LogP contribution in [0.25, 0.3) is 27.8 Å². The summed E-state index contributed by atoms with van der Waals surface area (Å²) >= 11 is 0. The lowest BCUT2D eigenvalue weighted by Crippen LogP contribution is -2.53. The number of piperidine rings is 4. The van der Waals surface area contributed by atoms with Crippen LogP contribution in [0.15, 0.2) is 67.4 Å². The lowest BCUT2D eigenvalue weighted by atomic mass is 9.75. The lowest BCUT2D eigenvalue weighted by molar-refractivity contribution is -0.162. The summed E-state index contributed by atoms with van der Waals surface area (Å²) in [5.74, 6) is -0.862. The number of aromatic nitrogens is 5. The molecule has 0 radical (unpaired) electrons. The van der Waals surface area contributed by atoms with Gasteiger partial charge in [-0.15, -0.1) is 0 Å². The number of carbonyl (C=O) groups is 5. The van der Waals surface area contributed by atoms with E-state index in [0.29, 0.717) is 99.6 Å². The van der Waals surface area contributed by atoms with Gasteiger partial charge in [0.15, 0.2) is 0 Å². The first kappa shape index (κ1) is 51.9. The fraction of sp³-hybridized carbons (Fsp3) is 0.471.